The molecule has 2 N–H and O–H groups in total. The number of alkyl halides is 1. The maximum atomic E-state index is 14.3. The number of quaternary nitrogens is 1. The largest absolute Gasteiger partial charge is 0.458 e. The molecule has 34 heavy (non-hydrogen) atoms. The summed E-state index contributed by atoms with van der Waals surface area (Å²) in [5.41, 5.74) is 1.78. The van der Waals surface area contributed by atoms with Gasteiger partial charge in [-0.05, 0) is 39.0 Å². The summed E-state index contributed by atoms with van der Waals surface area (Å²) in [5, 5.41) is 10.8. The van der Waals surface area contributed by atoms with Crippen LogP contribution in [0.15, 0.2) is 28.7 Å². The number of carbonyl (C=O) groups is 1. The number of aryl methyl sites for hydroxylation is 3. The Morgan fingerprint density at radius 3 is 2.74 bits per heavy atom. The highest BCUT2D eigenvalue weighted by atomic mass is 19.1. The number of rotatable bonds is 6. The molecule has 5 heterocycles. The fourth-order valence-electron chi connectivity index (χ4n) is 5.29. The number of amides is 1. The normalized spacial score (nSPS) is 24.6. The highest BCUT2D eigenvalue weighted by Crippen LogP contribution is 2.29. The van der Waals surface area contributed by atoms with Crippen LogP contribution in [0.5, 0.6) is 0 Å². The Balaban J connectivity index is 1.45. The van der Waals surface area contributed by atoms with Crippen LogP contribution in [0.1, 0.15) is 30.0 Å². The van der Waals surface area contributed by atoms with Gasteiger partial charge in [0, 0.05) is 37.7 Å². The molecule has 3 aromatic rings. The molecule has 10 heteroatoms. The van der Waals surface area contributed by atoms with Gasteiger partial charge in [-0.3, -0.25) is 4.79 Å². The average molecular weight is 469 g/mol. The number of halogens is 1. The lowest BCUT2D eigenvalue weighted by Crippen LogP contribution is -2.58. The maximum Gasteiger partial charge on any atom is 0.280 e. The molecule has 2 aliphatic rings. The van der Waals surface area contributed by atoms with E-state index in [1.807, 2.05) is 32.9 Å². The van der Waals surface area contributed by atoms with E-state index in [9.17, 15) is 9.18 Å². The Kier molecular flexibility index (Phi) is 5.95. The summed E-state index contributed by atoms with van der Waals surface area (Å²) in [6, 6.07) is 7.57. The summed E-state index contributed by atoms with van der Waals surface area (Å²) in [6.07, 6.45) is 0.595. The first kappa shape index (κ1) is 22.7. The van der Waals surface area contributed by atoms with E-state index in [1.54, 1.807) is 16.8 Å². The van der Waals surface area contributed by atoms with Crippen LogP contribution < -0.4 is 10.6 Å². The van der Waals surface area contributed by atoms with Crippen LogP contribution in [-0.4, -0.2) is 75.1 Å². The Morgan fingerprint density at radius 2 is 2.12 bits per heavy atom. The van der Waals surface area contributed by atoms with Gasteiger partial charge in [0.2, 0.25) is 0 Å². The Labute approximate surface area is 198 Å². The molecule has 1 amide bonds. The van der Waals surface area contributed by atoms with Crippen molar-refractivity contribution in [2.45, 2.75) is 45.8 Å². The first-order chi connectivity index (χ1) is 16.3. The van der Waals surface area contributed by atoms with E-state index in [0.29, 0.717) is 47.2 Å². The van der Waals surface area contributed by atoms with Crippen LogP contribution >= 0.6 is 0 Å². The quantitative estimate of drug-likeness (QED) is 0.540. The van der Waals surface area contributed by atoms with Crippen molar-refractivity contribution >= 4 is 11.7 Å². The Hall–Kier alpha value is -3.11. The van der Waals surface area contributed by atoms with Gasteiger partial charge in [-0.25, -0.2) is 19.0 Å². The van der Waals surface area contributed by atoms with Gasteiger partial charge in [0.25, 0.3) is 5.91 Å². The van der Waals surface area contributed by atoms with Gasteiger partial charge in [-0.1, -0.05) is 0 Å². The number of nitrogens with one attached hydrogen (secondary N) is 2. The van der Waals surface area contributed by atoms with E-state index in [-0.39, 0.29) is 18.5 Å². The zero-order valence-corrected chi connectivity index (χ0v) is 19.8. The van der Waals surface area contributed by atoms with Crippen LogP contribution in [0.3, 0.4) is 0 Å². The molecule has 5 rings (SSSR count). The molecule has 2 aliphatic heterocycles. The number of likely N-dealkylation sites (tertiary alicyclic amines) is 1. The second-order valence-corrected chi connectivity index (χ2v) is 9.55. The molecule has 180 valence electrons. The lowest BCUT2D eigenvalue weighted by atomic mass is 10.1. The van der Waals surface area contributed by atoms with Crippen molar-refractivity contribution in [1.82, 2.24) is 25.1 Å². The molecule has 1 unspecified atom stereocenters. The monoisotopic (exact) mass is 468 g/mol. The molecule has 3 aromatic heterocycles. The molecule has 2 saturated heterocycles. The highest BCUT2D eigenvalue weighted by molar-refractivity contribution is 5.91. The topological polar surface area (TPSA) is 97.9 Å². The minimum absolute atomic E-state index is 0.180. The van der Waals surface area contributed by atoms with Crippen molar-refractivity contribution in [3.63, 3.8) is 0 Å². The summed E-state index contributed by atoms with van der Waals surface area (Å²) in [5.74, 6) is 2.34. The van der Waals surface area contributed by atoms with Crippen molar-refractivity contribution in [2.24, 2.45) is 0 Å². The Morgan fingerprint density at radius 1 is 1.26 bits per heavy atom. The Bertz CT molecular complexity index is 1200. The lowest BCUT2D eigenvalue weighted by Gasteiger charge is -2.38. The fraction of sp³-hybridized carbons (Fsp3) is 0.500. The molecule has 0 aromatic carbocycles. The van der Waals surface area contributed by atoms with Gasteiger partial charge < -0.3 is 19.5 Å². The van der Waals surface area contributed by atoms with Gasteiger partial charge >= 0.3 is 0 Å². The van der Waals surface area contributed by atoms with Crippen LogP contribution in [0, 0.1) is 20.8 Å². The minimum atomic E-state index is -0.862. The van der Waals surface area contributed by atoms with Crippen molar-refractivity contribution in [2.75, 3.05) is 38.0 Å². The standard InChI is InChI=1S/C24H30FN7O2/c1-15-10-16(2)31(30-15)22-11-21(28-24(29-22)20-5-4-17(3)34-20)27-23(33)14-32(9-7-18(25)13-32)19-6-8-26-12-19/h4-5,10-11,18-19,26H,6-9,12-14H2,1-3H3/p+1/t18-,19-,32?/m1/s1. The molecule has 3 atom stereocenters. The van der Waals surface area contributed by atoms with E-state index in [4.69, 9.17) is 4.42 Å². The van der Waals surface area contributed by atoms with E-state index in [2.05, 4.69) is 25.7 Å². The van der Waals surface area contributed by atoms with E-state index >= 15 is 0 Å². The molecule has 2 fully saturated rings. The van der Waals surface area contributed by atoms with Crippen molar-refractivity contribution in [3.05, 3.63) is 41.4 Å². The van der Waals surface area contributed by atoms with E-state index in [1.165, 1.54) is 0 Å². The van der Waals surface area contributed by atoms with Gasteiger partial charge in [-0.15, -0.1) is 0 Å². The molecule has 0 aliphatic carbocycles. The van der Waals surface area contributed by atoms with Crippen LogP contribution in [-0.2, 0) is 4.79 Å². The van der Waals surface area contributed by atoms with Crippen LogP contribution in [0.2, 0.25) is 0 Å². The number of nitrogens with zero attached hydrogens (tertiary/aromatic N) is 5. The van der Waals surface area contributed by atoms with Gasteiger partial charge in [-0.2, -0.15) is 5.10 Å². The lowest BCUT2D eigenvalue weighted by molar-refractivity contribution is -0.931. The first-order valence-electron chi connectivity index (χ1n) is 11.8. The van der Waals surface area contributed by atoms with E-state index in [0.717, 1.165) is 36.7 Å². The third-order valence-electron chi connectivity index (χ3n) is 6.88. The molecular formula is C24H31FN7O2+. The number of anilines is 1. The number of hydrogen-bond donors (Lipinski definition) is 2. The number of hydrogen-bond acceptors (Lipinski definition) is 6. The first-order valence-corrected chi connectivity index (χ1v) is 11.8. The third-order valence-corrected chi connectivity index (χ3v) is 6.88. The minimum Gasteiger partial charge on any atom is -0.458 e. The van der Waals surface area contributed by atoms with Crippen LogP contribution in [0.4, 0.5) is 10.2 Å². The molecule has 9 nitrogen and oxygen atoms in total. The predicted octanol–water partition coefficient (Wildman–Crippen LogP) is 2.71. The number of furan rings is 1. The zero-order valence-electron chi connectivity index (χ0n) is 19.8. The number of aromatic nitrogens is 4. The molecule has 0 radical (unpaired) electrons. The summed E-state index contributed by atoms with van der Waals surface area (Å²) in [4.78, 5) is 22.4. The zero-order chi connectivity index (χ0) is 23.9. The van der Waals surface area contributed by atoms with Gasteiger partial charge in [0.05, 0.1) is 12.2 Å². The molecule has 0 bridgehead atoms. The second-order valence-electron chi connectivity index (χ2n) is 9.55. The van der Waals surface area contributed by atoms with Gasteiger partial charge in [0.1, 0.15) is 24.2 Å². The molecule has 0 saturated carbocycles. The van der Waals surface area contributed by atoms with Crippen molar-refractivity contribution in [3.8, 4) is 17.4 Å². The highest BCUT2D eigenvalue weighted by Gasteiger charge is 2.46. The summed E-state index contributed by atoms with van der Waals surface area (Å²) in [6.45, 7) is 8.73. The third kappa shape index (κ3) is 4.47. The number of carbonyl (C=O) groups excluding carboxylic acids is 1. The molecule has 0 spiro atoms. The summed E-state index contributed by atoms with van der Waals surface area (Å²) in [7, 11) is 0. The summed E-state index contributed by atoms with van der Waals surface area (Å²) >= 11 is 0. The van der Waals surface area contributed by atoms with Crippen molar-refractivity contribution in [1.29, 1.82) is 0 Å². The average Bonchev–Trinajstić information content (AvgIpc) is 3.57. The molecular weight excluding hydrogens is 437 g/mol. The predicted molar refractivity (Wildman–Crippen MR) is 125 cm³/mol. The van der Waals surface area contributed by atoms with E-state index < -0.39 is 6.17 Å². The van der Waals surface area contributed by atoms with Crippen LogP contribution in [0.25, 0.3) is 17.4 Å². The van der Waals surface area contributed by atoms with Gasteiger partial charge in [0.15, 0.2) is 30.1 Å². The smallest absolute Gasteiger partial charge is 0.280 e. The van der Waals surface area contributed by atoms with Crippen molar-refractivity contribution < 1.29 is 18.1 Å². The SMILES string of the molecule is Cc1cc(C)n(-c2cc(NC(=O)C[N+]3([C@@H]4CCNC4)CC[C@@H](F)C3)nc(-c3ccc(C)o3)n2)n1. The second kappa shape index (κ2) is 8.92. The fourth-order valence-corrected chi connectivity index (χ4v) is 5.29. The maximum absolute atomic E-state index is 14.3. The summed E-state index contributed by atoms with van der Waals surface area (Å²) < 4.78 is 22.2.